The first-order valence-electron chi connectivity index (χ1n) is 4.24. The number of anilines is 1. The van der Waals surface area contributed by atoms with Gasteiger partial charge in [-0.25, -0.2) is 8.42 Å². The summed E-state index contributed by atoms with van der Waals surface area (Å²) < 4.78 is 26.8. The van der Waals surface area contributed by atoms with Crippen molar-refractivity contribution in [3.63, 3.8) is 0 Å². The van der Waals surface area contributed by atoms with Gasteiger partial charge in [-0.05, 0) is 12.1 Å². The first kappa shape index (κ1) is 12.1. The van der Waals surface area contributed by atoms with E-state index in [1.54, 1.807) is 18.2 Å². The molecule has 0 aliphatic carbocycles. The fraction of sp³-hybridized carbons (Fsp3) is 0.333. The molecule has 1 aromatic carbocycles. The van der Waals surface area contributed by atoms with Gasteiger partial charge < -0.3 is 10.5 Å². The largest absolute Gasteiger partial charge is 0.492 e. The highest BCUT2D eigenvalue weighted by molar-refractivity contribution is 7.90. The van der Waals surface area contributed by atoms with E-state index in [1.807, 2.05) is 0 Å². The zero-order valence-corrected chi connectivity index (χ0v) is 9.81. The van der Waals surface area contributed by atoms with E-state index in [0.717, 1.165) is 6.26 Å². The van der Waals surface area contributed by atoms with Crippen LogP contribution in [0.1, 0.15) is 0 Å². The van der Waals surface area contributed by atoms with E-state index in [4.69, 9.17) is 22.1 Å². The van der Waals surface area contributed by atoms with E-state index in [1.165, 1.54) is 0 Å². The first-order chi connectivity index (χ1) is 6.88. The Hall–Kier alpha value is -0.940. The zero-order chi connectivity index (χ0) is 11.5. The maximum Gasteiger partial charge on any atom is 0.150 e. The van der Waals surface area contributed by atoms with Crippen LogP contribution < -0.4 is 10.5 Å². The van der Waals surface area contributed by atoms with Crippen LogP contribution in [0.25, 0.3) is 0 Å². The molecule has 0 atom stereocenters. The van der Waals surface area contributed by atoms with Gasteiger partial charge in [-0.3, -0.25) is 0 Å². The topological polar surface area (TPSA) is 69.4 Å². The lowest BCUT2D eigenvalue weighted by atomic mass is 10.3. The molecule has 2 N–H and O–H groups in total. The molecule has 0 bridgehead atoms. The first-order valence-corrected chi connectivity index (χ1v) is 6.68. The third-order valence-corrected chi connectivity index (χ3v) is 2.93. The van der Waals surface area contributed by atoms with Crippen molar-refractivity contribution < 1.29 is 13.2 Å². The van der Waals surface area contributed by atoms with Crippen molar-refractivity contribution in [2.75, 3.05) is 24.3 Å². The zero-order valence-electron chi connectivity index (χ0n) is 8.23. The van der Waals surface area contributed by atoms with Crippen molar-refractivity contribution in [2.24, 2.45) is 0 Å². The number of ether oxygens (including phenoxy) is 1. The average molecular weight is 250 g/mol. The Morgan fingerprint density at radius 1 is 1.47 bits per heavy atom. The van der Waals surface area contributed by atoms with Crippen LogP contribution in [-0.4, -0.2) is 27.0 Å². The van der Waals surface area contributed by atoms with Gasteiger partial charge in [-0.1, -0.05) is 11.6 Å². The molecule has 0 aliphatic heterocycles. The molecule has 84 valence electrons. The fourth-order valence-corrected chi connectivity index (χ4v) is 1.47. The van der Waals surface area contributed by atoms with E-state index in [2.05, 4.69) is 0 Å². The summed E-state index contributed by atoms with van der Waals surface area (Å²) in [5.74, 6) is 0.493. The number of hydrogen-bond donors (Lipinski definition) is 1. The van der Waals surface area contributed by atoms with Gasteiger partial charge in [0, 0.05) is 12.3 Å². The normalized spacial score (nSPS) is 11.3. The Morgan fingerprint density at radius 2 is 2.13 bits per heavy atom. The summed E-state index contributed by atoms with van der Waals surface area (Å²) in [5.41, 5.74) is 5.97. The van der Waals surface area contributed by atoms with Gasteiger partial charge in [0.1, 0.15) is 12.4 Å². The number of halogens is 1. The minimum absolute atomic E-state index is 0.0189. The quantitative estimate of drug-likeness (QED) is 0.818. The van der Waals surface area contributed by atoms with Crippen LogP contribution in [0.2, 0.25) is 5.02 Å². The molecule has 4 nitrogen and oxygen atoms in total. The van der Waals surface area contributed by atoms with Crippen molar-refractivity contribution in [2.45, 2.75) is 0 Å². The molecule has 0 heterocycles. The number of rotatable bonds is 4. The molecular weight excluding hydrogens is 238 g/mol. The Bertz CT molecular complexity index is 445. The number of nitrogen functional groups attached to an aromatic ring is 1. The molecule has 15 heavy (non-hydrogen) atoms. The summed E-state index contributed by atoms with van der Waals surface area (Å²) >= 11 is 5.76. The predicted molar refractivity (Wildman–Crippen MR) is 61.1 cm³/mol. The molecule has 1 rings (SSSR count). The molecule has 1 aromatic rings. The number of hydrogen-bond acceptors (Lipinski definition) is 4. The van der Waals surface area contributed by atoms with Crippen LogP contribution in [0.15, 0.2) is 18.2 Å². The van der Waals surface area contributed by atoms with Gasteiger partial charge >= 0.3 is 0 Å². The minimum atomic E-state index is -3.00. The molecule has 0 spiro atoms. The molecule has 0 radical (unpaired) electrons. The van der Waals surface area contributed by atoms with Crippen LogP contribution >= 0.6 is 11.6 Å². The van der Waals surface area contributed by atoms with Gasteiger partial charge in [0.2, 0.25) is 0 Å². The average Bonchev–Trinajstić information content (AvgIpc) is 2.09. The number of nitrogens with two attached hydrogens (primary N) is 1. The van der Waals surface area contributed by atoms with Gasteiger partial charge in [0.05, 0.1) is 16.5 Å². The maximum absolute atomic E-state index is 10.8. The van der Waals surface area contributed by atoms with Crippen LogP contribution in [0.3, 0.4) is 0 Å². The van der Waals surface area contributed by atoms with Gasteiger partial charge in [0.25, 0.3) is 0 Å². The third kappa shape index (κ3) is 4.40. The molecule has 0 saturated carbocycles. The molecule has 0 amide bonds. The lowest BCUT2D eigenvalue weighted by molar-refractivity contribution is 0.341. The standard InChI is InChI=1S/C9H12ClNO3S/c1-15(12,13)5-4-14-7-2-3-9(11)8(10)6-7/h2-3,6H,4-5,11H2,1H3. The van der Waals surface area contributed by atoms with Crippen LogP contribution in [0, 0.1) is 0 Å². The monoisotopic (exact) mass is 249 g/mol. The molecule has 0 unspecified atom stereocenters. The van der Waals surface area contributed by atoms with Crippen molar-refractivity contribution >= 4 is 27.1 Å². The van der Waals surface area contributed by atoms with Crippen LogP contribution in [-0.2, 0) is 9.84 Å². The summed E-state index contributed by atoms with van der Waals surface area (Å²) in [6.07, 6.45) is 1.16. The highest BCUT2D eigenvalue weighted by atomic mass is 35.5. The minimum Gasteiger partial charge on any atom is -0.492 e. The summed E-state index contributed by atoms with van der Waals surface area (Å²) in [6, 6.07) is 4.81. The van der Waals surface area contributed by atoms with Crippen LogP contribution in [0.4, 0.5) is 5.69 Å². The lowest BCUT2D eigenvalue weighted by Crippen LogP contribution is -2.12. The SMILES string of the molecule is CS(=O)(=O)CCOc1ccc(N)c(Cl)c1. The number of sulfone groups is 1. The van der Waals surface area contributed by atoms with Gasteiger partial charge in [0.15, 0.2) is 9.84 Å². The molecule has 0 saturated heterocycles. The molecule has 0 aromatic heterocycles. The number of benzene rings is 1. The maximum atomic E-state index is 10.8. The Balaban J connectivity index is 2.55. The van der Waals surface area contributed by atoms with E-state index in [9.17, 15) is 8.42 Å². The van der Waals surface area contributed by atoms with Crippen molar-refractivity contribution in [1.29, 1.82) is 0 Å². The summed E-state index contributed by atoms with van der Waals surface area (Å²) in [4.78, 5) is 0. The Morgan fingerprint density at radius 3 is 2.67 bits per heavy atom. The highest BCUT2D eigenvalue weighted by Gasteiger charge is 2.03. The summed E-state index contributed by atoms with van der Waals surface area (Å²) in [6.45, 7) is 0.110. The highest BCUT2D eigenvalue weighted by Crippen LogP contribution is 2.23. The van der Waals surface area contributed by atoms with Crippen LogP contribution in [0.5, 0.6) is 5.75 Å². The van der Waals surface area contributed by atoms with Crippen molar-refractivity contribution in [1.82, 2.24) is 0 Å². The summed E-state index contributed by atoms with van der Waals surface area (Å²) in [7, 11) is -3.00. The van der Waals surface area contributed by atoms with E-state index in [0.29, 0.717) is 16.5 Å². The molecule has 0 fully saturated rings. The third-order valence-electron chi connectivity index (χ3n) is 1.69. The van der Waals surface area contributed by atoms with Crippen molar-refractivity contribution in [3.05, 3.63) is 23.2 Å². The smallest absolute Gasteiger partial charge is 0.150 e. The summed E-state index contributed by atoms with van der Waals surface area (Å²) in [5, 5.41) is 0.395. The molecule has 0 aliphatic rings. The second-order valence-corrected chi connectivity index (χ2v) is 5.83. The van der Waals surface area contributed by atoms with Gasteiger partial charge in [-0.2, -0.15) is 0 Å². The Labute approximate surface area is 93.9 Å². The van der Waals surface area contributed by atoms with Crippen molar-refractivity contribution in [3.8, 4) is 5.75 Å². The Kier molecular flexibility index (Phi) is 3.82. The second-order valence-electron chi connectivity index (χ2n) is 3.16. The molecular formula is C9H12ClNO3S. The molecule has 6 heteroatoms. The van der Waals surface area contributed by atoms with E-state index < -0.39 is 9.84 Å². The second kappa shape index (κ2) is 4.72. The fourth-order valence-electron chi connectivity index (χ4n) is 0.909. The van der Waals surface area contributed by atoms with E-state index in [-0.39, 0.29) is 12.4 Å². The lowest BCUT2D eigenvalue weighted by Gasteiger charge is -2.06. The van der Waals surface area contributed by atoms with E-state index >= 15 is 0 Å². The van der Waals surface area contributed by atoms with Gasteiger partial charge in [-0.15, -0.1) is 0 Å². The predicted octanol–water partition coefficient (Wildman–Crippen LogP) is 1.35.